The molecule has 3 rings (SSSR count). The number of carbonyl (C=O) groups excluding carboxylic acids is 1. The monoisotopic (exact) mass is 298 g/mol. The number of hydrogen-bond donors (Lipinski definition) is 0. The summed E-state index contributed by atoms with van der Waals surface area (Å²) in [5.41, 5.74) is 0.913. The van der Waals surface area contributed by atoms with Crippen molar-refractivity contribution in [3.8, 4) is 0 Å². The van der Waals surface area contributed by atoms with Crippen LogP contribution in [0.15, 0.2) is 53.1 Å². The minimum absolute atomic E-state index is 0.122. The minimum atomic E-state index is 0.122. The zero-order valence-electron chi connectivity index (χ0n) is 12.9. The van der Waals surface area contributed by atoms with E-state index < -0.39 is 0 Å². The first-order chi connectivity index (χ1) is 10.7. The smallest absolute Gasteiger partial charge is 0.241 e. The number of hydrogen-bond acceptors (Lipinski definition) is 3. The molecular formula is C18H22N2O2. The van der Waals surface area contributed by atoms with Crippen molar-refractivity contribution in [2.75, 3.05) is 24.5 Å². The van der Waals surface area contributed by atoms with Gasteiger partial charge in [0.05, 0.1) is 19.4 Å². The quantitative estimate of drug-likeness (QED) is 0.851. The van der Waals surface area contributed by atoms with Gasteiger partial charge >= 0.3 is 0 Å². The predicted octanol–water partition coefficient (Wildman–Crippen LogP) is 3.15. The molecule has 1 unspecified atom stereocenters. The van der Waals surface area contributed by atoms with Crippen LogP contribution in [0.1, 0.15) is 19.1 Å². The first-order valence-corrected chi connectivity index (χ1v) is 7.82. The zero-order chi connectivity index (χ0) is 15.4. The van der Waals surface area contributed by atoms with E-state index >= 15 is 0 Å². The highest BCUT2D eigenvalue weighted by Gasteiger charge is 2.24. The fourth-order valence-electron chi connectivity index (χ4n) is 2.94. The molecule has 1 aliphatic heterocycles. The summed E-state index contributed by atoms with van der Waals surface area (Å²) < 4.78 is 5.42. The Morgan fingerprint density at radius 1 is 1.27 bits per heavy atom. The van der Waals surface area contributed by atoms with E-state index in [1.54, 1.807) is 6.26 Å². The van der Waals surface area contributed by atoms with Gasteiger partial charge < -0.3 is 9.32 Å². The Hall–Kier alpha value is -2.07. The van der Waals surface area contributed by atoms with Gasteiger partial charge in [-0.1, -0.05) is 25.1 Å². The highest BCUT2D eigenvalue weighted by atomic mass is 16.3. The van der Waals surface area contributed by atoms with Crippen LogP contribution in [-0.2, 0) is 11.3 Å². The second-order valence-electron chi connectivity index (χ2n) is 6.02. The lowest BCUT2D eigenvalue weighted by Gasteiger charge is -2.24. The lowest BCUT2D eigenvalue weighted by atomic mass is 10.2. The molecule has 4 nitrogen and oxygen atoms in total. The molecule has 1 aliphatic rings. The van der Waals surface area contributed by atoms with Crippen LogP contribution in [0.5, 0.6) is 0 Å². The molecule has 116 valence electrons. The van der Waals surface area contributed by atoms with Gasteiger partial charge in [0.2, 0.25) is 5.91 Å². The van der Waals surface area contributed by atoms with E-state index in [1.165, 1.54) is 6.42 Å². The SMILES string of the molecule is CC1CCN(CC(=O)N(Cc2ccco2)c2ccccc2)C1. The third kappa shape index (κ3) is 3.57. The van der Waals surface area contributed by atoms with Gasteiger partial charge in [0.15, 0.2) is 0 Å². The van der Waals surface area contributed by atoms with Crippen molar-refractivity contribution in [2.45, 2.75) is 19.9 Å². The molecule has 1 atom stereocenters. The van der Waals surface area contributed by atoms with Crippen LogP contribution in [0, 0.1) is 5.92 Å². The molecule has 0 saturated carbocycles. The molecule has 1 saturated heterocycles. The highest BCUT2D eigenvalue weighted by Crippen LogP contribution is 2.20. The summed E-state index contributed by atoms with van der Waals surface area (Å²) in [6.45, 7) is 5.20. The van der Waals surface area contributed by atoms with E-state index in [0.29, 0.717) is 19.0 Å². The van der Waals surface area contributed by atoms with Crippen LogP contribution in [0.4, 0.5) is 5.69 Å². The van der Waals surface area contributed by atoms with E-state index in [4.69, 9.17) is 4.42 Å². The van der Waals surface area contributed by atoms with Gasteiger partial charge in [-0.25, -0.2) is 0 Å². The number of nitrogens with zero attached hydrogens (tertiary/aromatic N) is 2. The van der Waals surface area contributed by atoms with Crippen LogP contribution in [0.2, 0.25) is 0 Å². The van der Waals surface area contributed by atoms with E-state index in [1.807, 2.05) is 47.4 Å². The maximum Gasteiger partial charge on any atom is 0.241 e. The van der Waals surface area contributed by atoms with E-state index in [9.17, 15) is 4.79 Å². The number of likely N-dealkylation sites (tertiary alicyclic amines) is 1. The predicted molar refractivity (Wildman–Crippen MR) is 86.6 cm³/mol. The third-order valence-corrected chi connectivity index (χ3v) is 4.13. The van der Waals surface area contributed by atoms with Crippen molar-refractivity contribution in [1.82, 2.24) is 4.90 Å². The van der Waals surface area contributed by atoms with Crippen molar-refractivity contribution in [1.29, 1.82) is 0 Å². The van der Waals surface area contributed by atoms with Gasteiger partial charge in [-0.2, -0.15) is 0 Å². The molecule has 22 heavy (non-hydrogen) atoms. The molecule has 2 aromatic rings. The van der Waals surface area contributed by atoms with Crippen LogP contribution in [0.3, 0.4) is 0 Å². The first kappa shape index (κ1) is 14.9. The van der Waals surface area contributed by atoms with Crippen molar-refractivity contribution in [3.05, 3.63) is 54.5 Å². The molecule has 0 bridgehead atoms. The van der Waals surface area contributed by atoms with Crippen molar-refractivity contribution in [2.24, 2.45) is 5.92 Å². The van der Waals surface area contributed by atoms with Crippen LogP contribution < -0.4 is 4.90 Å². The number of anilines is 1. The molecular weight excluding hydrogens is 276 g/mol. The summed E-state index contributed by atoms with van der Waals surface area (Å²) in [6.07, 6.45) is 2.82. The molecule has 1 amide bonds. The highest BCUT2D eigenvalue weighted by molar-refractivity contribution is 5.94. The number of rotatable bonds is 5. The summed E-state index contributed by atoms with van der Waals surface area (Å²) >= 11 is 0. The molecule has 0 aliphatic carbocycles. The Balaban J connectivity index is 1.74. The molecule has 0 spiro atoms. The fraction of sp³-hybridized carbons (Fsp3) is 0.389. The second kappa shape index (κ2) is 6.79. The second-order valence-corrected chi connectivity index (χ2v) is 6.02. The van der Waals surface area contributed by atoms with Crippen LogP contribution in [-0.4, -0.2) is 30.4 Å². The normalized spacial score (nSPS) is 18.5. The number of furan rings is 1. The lowest BCUT2D eigenvalue weighted by Crippen LogP contribution is -2.39. The van der Waals surface area contributed by atoms with E-state index in [-0.39, 0.29) is 5.91 Å². The summed E-state index contributed by atoms with van der Waals surface area (Å²) in [7, 11) is 0. The van der Waals surface area contributed by atoms with E-state index in [2.05, 4.69) is 11.8 Å². The van der Waals surface area contributed by atoms with Gasteiger partial charge in [-0.15, -0.1) is 0 Å². The largest absolute Gasteiger partial charge is 0.467 e. The number of carbonyl (C=O) groups is 1. The van der Waals surface area contributed by atoms with Gasteiger partial charge in [0.25, 0.3) is 0 Å². The number of benzene rings is 1. The minimum Gasteiger partial charge on any atom is -0.467 e. The molecule has 1 aromatic carbocycles. The molecule has 1 fully saturated rings. The van der Waals surface area contributed by atoms with Crippen LogP contribution >= 0.6 is 0 Å². The van der Waals surface area contributed by atoms with Gasteiger partial charge in [-0.05, 0) is 43.1 Å². The van der Waals surface area contributed by atoms with Crippen molar-refractivity contribution >= 4 is 11.6 Å². The number of para-hydroxylation sites is 1. The maximum atomic E-state index is 12.8. The standard InChI is InChI=1S/C18H22N2O2/c1-15-9-10-19(12-15)14-18(21)20(13-17-8-5-11-22-17)16-6-3-2-4-7-16/h2-8,11,15H,9-10,12-14H2,1H3. The Kier molecular flexibility index (Phi) is 4.59. The zero-order valence-corrected chi connectivity index (χ0v) is 12.9. The average Bonchev–Trinajstić information content (AvgIpc) is 3.17. The topological polar surface area (TPSA) is 36.7 Å². The third-order valence-electron chi connectivity index (χ3n) is 4.13. The average molecular weight is 298 g/mol. The lowest BCUT2D eigenvalue weighted by molar-refractivity contribution is -0.119. The van der Waals surface area contributed by atoms with Gasteiger partial charge in [0.1, 0.15) is 5.76 Å². The summed E-state index contributed by atoms with van der Waals surface area (Å²) in [5.74, 6) is 1.60. The Labute approximate surface area is 131 Å². The summed E-state index contributed by atoms with van der Waals surface area (Å²) in [4.78, 5) is 16.8. The summed E-state index contributed by atoms with van der Waals surface area (Å²) in [6, 6.07) is 13.6. The van der Waals surface area contributed by atoms with Crippen LogP contribution in [0.25, 0.3) is 0 Å². The molecule has 0 radical (unpaired) electrons. The fourth-order valence-corrected chi connectivity index (χ4v) is 2.94. The van der Waals surface area contributed by atoms with Crippen molar-refractivity contribution < 1.29 is 9.21 Å². The Morgan fingerprint density at radius 2 is 2.09 bits per heavy atom. The molecule has 1 aromatic heterocycles. The maximum absolute atomic E-state index is 12.8. The Morgan fingerprint density at radius 3 is 2.73 bits per heavy atom. The molecule has 0 N–H and O–H groups in total. The van der Waals surface area contributed by atoms with Gasteiger partial charge in [-0.3, -0.25) is 9.69 Å². The van der Waals surface area contributed by atoms with Crippen molar-refractivity contribution in [3.63, 3.8) is 0 Å². The Bertz CT molecular complexity index is 595. The van der Waals surface area contributed by atoms with Gasteiger partial charge in [0, 0.05) is 12.2 Å². The van der Waals surface area contributed by atoms with E-state index in [0.717, 1.165) is 24.5 Å². The number of amides is 1. The molecule has 2 heterocycles. The summed E-state index contributed by atoms with van der Waals surface area (Å²) in [5, 5.41) is 0. The first-order valence-electron chi connectivity index (χ1n) is 7.82. The molecule has 4 heteroatoms.